The number of nitrogens with zero attached hydrogens (tertiary/aromatic N) is 1. The minimum Gasteiger partial charge on any atom is -0.487 e. The molecule has 0 amide bonds. The van der Waals surface area contributed by atoms with Crippen molar-refractivity contribution in [3.63, 3.8) is 0 Å². The molecule has 3 nitrogen and oxygen atoms in total. The Hall–Kier alpha value is -2.26. The van der Waals surface area contributed by atoms with Crippen LogP contribution in [0.1, 0.15) is 5.69 Å². The monoisotopic (exact) mass is 284 g/mol. The molecular weight excluding hydrogens is 272 g/mol. The largest absolute Gasteiger partial charge is 0.487 e. The summed E-state index contributed by atoms with van der Waals surface area (Å²) >= 11 is 6.06. The quantitative estimate of drug-likeness (QED) is 0.789. The smallest absolute Gasteiger partial charge is 0.132 e. The van der Waals surface area contributed by atoms with Crippen molar-refractivity contribution in [2.75, 3.05) is 5.73 Å². The molecule has 0 aliphatic heterocycles. The lowest BCUT2D eigenvalue weighted by Crippen LogP contribution is -2.01. The third-order valence-corrected chi connectivity index (χ3v) is 3.38. The van der Waals surface area contributed by atoms with Gasteiger partial charge < -0.3 is 10.5 Å². The zero-order valence-corrected chi connectivity index (χ0v) is 11.5. The van der Waals surface area contributed by atoms with Crippen molar-refractivity contribution >= 4 is 28.2 Å². The maximum absolute atomic E-state index is 6.06. The number of halogens is 1. The van der Waals surface area contributed by atoms with Crippen molar-refractivity contribution in [1.82, 2.24) is 4.98 Å². The van der Waals surface area contributed by atoms with Crippen molar-refractivity contribution in [2.45, 2.75) is 6.61 Å². The highest BCUT2D eigenvalue weighted by Gasteiger charge is 2.04. The van der Waals surface area contributed by atoms with Gasteiger partial charge in [0, 0.05) is 0 Å². The van der Waals surface area contributed by atoms with Crippen LogP contribution in [0, 0.1) is 0 Å². The van der Waals surface area contributed by atoms with Crippen LogP contribution in [0.25, 0.3) is 10.8 Å². The lowest BCUT2D eigenvalue weighted by Gasteiger charge is -2.08. The van der Waals surface area contributed by atoms with Gasteiger partial charge in [-0.1, -0.05) is 41.9 Å². The highest BCUT2D eigenvalue weighted by molar-refractivity contribution is 6.31. The highest BCUT2D eigenvalue weighted by Crippen LogP contribution is 2.22. The first-order valence-corrected chi connectivity index (χ1v) is 6.63. The summed E-state index contributed by atoms with van der Waals surface area (Å²) in [4.78, 5) is 4.17. The average molecular weight is 285 g/mol. The minimum absolute atomic E-state index is 0.294. The Morgan fingerprint density at radius 1 is 1.00 bits per heavy atom. The number of ether oxygens (including phenoxy) is 1. The third kappa shape index (κ3) is 2.68. The standard InChI is InChI=1S/C16H13ClN2O/c17-14-7-8-16(18)19-15(14)10-20-13-6-5-11-3-1-2-4-12(11)9-13/h1-9H,10H2,(H2,18,19). The predicted octanol–water partition coefficient (Wildman–Crippen LogP) is 4.05. The van der Waals surface area contributed by atoms with E-state index in [0.29, 0.717) is 23.1 Å². The van der Waals surface area contributed by atoms with E-state index < -0.39 is 0 Å². The van der Waals surface area contributed by atoms with Gasteiger partial charge in [0.25, 0.3) is 0 Å². The molecular formula is C16H13ClN2O. The molecule has 0 aliphatic rings. The molecule has 0 unspecified atom stereocenters. The van der Waals surface area contributed by atoms with Crippen LogP contribution in [-0.4, -0.2) is 4.98 Å². The molecule has 0 atom stereocenters. The molecule has 2 N–H and O–H groups in total. The number of rotatable bonds is 3. The maximum atomic E-state index is 6.06. The first kappa shape index (κ1) is 12.8. The van der Waals surface area contributed by atoms with E-state index in [9.17, 15) is 0 Å². The van der Waals surface area contributed by atoms with E-state index in [1.807, 2.05) is 36.4 Å². The van der Waals surface area contributed by atoms with Gasteiger partial charge in [0.1, 0.15) is 18.2 Å². The van der Waals surface area contributed by atoms with Crippen LogP contribution < -0.4 is 10.5 Å². The zero-order valence-electron chi connectivity index (χ0n) is 10.7. The lowest BCUT2D eigenvalue weighted by molar-refractivity contribution is 0.302. The molecule has 100 valence electrons. The number of aromatic nitrogens is 1. The summed E-state index contributed by atoms with van der Waals surface area (Å²) in [6, 6.07) is 17.5. The molecule has 20 heavy (non-hydrogen) atoms. The number of nitrogen functional groups attached to an aromatic ring is 1. The second-order valence-electron chi connectivity index (χ2n) is 4.46. The number of pyridine rings is 1. The molecule has 0 saturated heterocycles. The number of hydrogen-bond acceptors (Lipinski definition) is 3. The fourth-order valence-corrected chi connectivity index (χ4v) is 2.17. The predicted molar refractivity (Wildman–Crippen MR) is 81.9 cm³/mol. The Kier molecular flexibility index (Phi) is 3.44. The van der Waals surface area contributed by atoms with Gasteiger partial charge in [-0.15, -0.1) is 0 Å². The third-order valence-electron chi connectivity index (χ3n) is 3.04. The summed E-state index contributed by atoms with van der Waals surface area (Å²) in [5.74, 6) is 1.22. The van der Waals surface area contributed by atoms with Gasteiger partial charge in [0.15, 0.2) is 0 Å². The molecule has 0 radical (unpaired) electrons. The number of fused-ring (bicyclic) bond motifs is 1. The van der Waals surface area contributed by atoms with Crippen LogP contribution in [0.15, 0.2) is 54.6 Å². The molecule has 0 saturated carbocycles. The van der Waals surface area contributed by atoms with Crippen molar-refractivity contribution in [1.29, 1.82) is 0 Å². The van der Waals surface area contributed by atoms with Crippen molar-refractivity contribution in [2.24, 2.45) is 0 Å². The van der Waals surface area contributed by atoms with Gasteiger partial charge >= 0.3 is 0 Å². The zero-order chi connectivity index (χ0) is 13.9. The molecule has 3 rings (SSSR count). The Bertz CT molecular complexity index is 758. The molecule has 0 spiro atoms. The van der Waals surface area contributed by atoms with Crippen LogP contribution in [0.4, 0.5) is 5.82 Å². The summed E-state index contributed by atoms with van der Waals surface area (Å²) < 4.78 is 5.73. The first-order chi connectivity index (χ1) is 9.72. The van der Waals surface area contributed by atoms with E-state index in [0.717, 1.165) is 11.1 Å². The molecule has 0 aliphatic carbocycles. The van der Waals surface area contributed by atoms with Crippen molar-refractivity contribution in [3.8, 4) is 5.75 Å². The van der Waals surface area contributed by atoms with Gasteiger partial charge in [-0.2, -0.15) is 0 Å². The summed E-state index contributed by atoms with van der Waals surface area (Å²) in [5, 5.41) is 2.87. The maximum Gasteiger partial charge on any atom is 0.132 e. The van der Waals surface area contributed by atoms with E-state index in [1.165, 1.54) is 5.39 Å². The number of hydrogen-bond donors (Lipinski definition) is 1. The first-order valence-electron chi connectivity index (χ1n) is 6.25. The van der Waals surface area contributed by atoms with Crippen LogP contribution in [0.5, 0.6) is 5.75 Å². The van der Waals surface area contributed by atoms with Crippen LogP contribution in [0.2, 0.25) is 5.02 Å². The van der Waals surface area contributed by atoms with Gasteiger partial charge in [-0.25, -0.2) is 4.98 Å². The summed E-state index contributed by atoms with van der Waals surface area (Å²) in [6.07, 6.45) is 0. The Morgan fingerprint density at radius 2 is 1.80 bits per heavy atom. The van der Waals surface area contributed by atoms with Gasteiger partial charge in [0.05, 0.1) is 10.7 Å². The average Bonchev–Trinajstić information content (AvgIpc) is 2.48. The summed E-state index contributed by atoms with van der Waals surface area (Å²) in [6.45, 7) is 0.294. The number of benzene rings is 2. The number of anilines is 1. The molecule has 0 fully saturated rings. The van der Waals surface area contributed by atoms with E-state index in [2.05, 4.69) is 11.1 Å². The van der Waals surface area contributed by atoms with E-state index in [1.54, 1.807) is 12.1 Å². The molecule has 4 heteroatoms. The van der Waals surface area contributed by atoms with E-state index in [4.69, 9.17) is 22.1 Å². The fraction of sp³-hybridized carbons (Fsp3) is 0.0625. The highest BCUT2D eigenvalue weighted by atomic mass is 35.5. The van der Waals surface area contributed by atoms with Crippen LogP contribution >= 0.6 is 11.6 Å². The molecule has 2 aromatic carbocycles. The lowest BCUT2D eigenvalue weighted by atomic mass is 10.1. The fourth-order valence-electron chi connectivity index (χ4n) is 2.01. The molecule has 0 bridgehead atoms. The van der Waals surface area contributed by atoms with E-state index >= 15 is 0 Å². The van der Waals surface area contributed by atoms with Gasteiger partial charge in [-0.3, -0.25) is 0 Å². The second-order valence-corrected chi connectivity index (χ2v) is 4.87. The minimum atomic E-state index is 0.294. The Balaban J connectivity index is 1.81. The molecule has 3 aromatic rings. The summed E-state index contributed by atoms with van der Waals surface area (Å²) in [5.41, 5.74) is 6.28. The van der Waals surface area contributed by atoms with Crippen LogP contribution in [0.3, 0.4) is 0 Å². The Morgan fingerprint density at radius 3 is 2.65 bits per heavy atom. The van der Waals surface area contributed by atoms with Crippen LogP contribution in [-0.2, 0) is 6.61 Å². The van der Waals surface area contributed by atoms with Crippen molar-refractivity contribution in [3.05, 3.63) is 65.3 Å². The second kappa shape index (κ2) is 5.39. The van der Waals surface area contributed by atoms with Gasteiger partial charge in [-0.05, 0) is 35.0 Å². The SMILES string of the molecule is Nc1ccc(Cl)c(COc2ccc3ccccc3c2)n1. The Labute approximate surface area is 122 Å². The normalized spacial score (nSPS) is 10.7. The molecule has 1 heterocycles. The van der Waals surface area contributed by atoms with E-state index in [-0.39, 0.29) is 0 Å². The van der Waals surface area contributed by atoms with Crippen molar-refractivity contribution < 1.29 is 4.74 Å². The molecule has 1 aromatic heterocycles. The summed E-state index contributed by atoms with van der Waals surface area (Å²) in [7, 11) is 0. The number of nitrogens with two attached hydrogens (primary N) is 1. The van der Waals surface area contributed by atoms with Gasteiger partial charge in [0.2, 0.25) is 0 Å². The topological polar surface area (TPSA) is 48.1 Å².